The molecule has 2 atom stereocenters. The van der Waals surface area contributed by atoms with Crippen LogP contribution in [0.1, 0.15) is 13.8 Å². The number of aromatic nitrogens is 2. The first kappa shape index (κ1) is 14.4. The van der Waals surface area contributed by atoms with E-state index in [-0.39, 0.29) is 0 Å². The molecule has 106 valence electrons. The van der Waals surface area contributed by atoms with Crippen molar-refractivity contribution in [3.8, 4) is 0 Å². The standard InChI is InChI=1S/C13H23N5S/c1-9-7-18(8-10(2)17(9)4)12-6-11(14-3)15-13(16-12)19-5/h6,9-10H,7-8H2,1-5H3,(H,14,15,16). The van der Waals surface area contributed by atoms with E-state index in [1.165, 1.54) is 0 Å². The lowest BCUT2D eigenvalue weighted by atomic mass is 10.1. The first-order valence-corrected chi connectivity index (χ1v) is 7.85. The Morgan fingerprint density at radius 2 is 1.89 bits per heavy atom. The molecule has 1 aromatic heterocycles. The van der Waals surface area contributed by atoms with Gasteiger partial charge in [0, 0.05) is 38.3 Å². The predicted octanol–water partition coefficient (Wildman–Crippen LogP) is 1.77. The van der Waals surface area contributed by atoms with E-state index in [0.717, 1.165) is 29.9 Å². The Morgan fingerprint density at radius 1 is 1.26 bits per heavy atom. The second-order valence-electron chi connectivity index (χ2n) is 5.12. The summed E-state index contributed by atoms with van der Waals surface area (Å²) < 4.78 is 0. The van der Waals surface area contributed by atoms with Gasteiger partial charge in [-0.05, 0) is 27.2 Å². The van der Waals surface area contributed by atoms with Crippen molar-refractivity contribution >= 4 is 23.4 Å². The van der Waals surface area contributed by atoms with Gasteiger partial charge in [0.25, 0.3) is 0 Å². The molecule has 0 aromatic carbocycles. The highest BCUT2D eigenvalue weighted by atomic mass is 32.2. The van der Waals surface area contributed by atoms with Gasteiger partial charge >= 0.3 is 0 Å². The molecule has 1 aromatic rings. The van der Waals surface area contributed by atoms with Crippen molar-refractivity contribution < 1.29 is 0 Å². The van der Waals surface area contributed by atoms with Gasteiger partial charge in [-0.1, -0.05) is 11.8 Å². The Kier molecular flexibility index (Phi) is 4.52. The first-order valence-electron chi connectivity index (χ1n) is 6.63. The molecule has 1 aliphatic heterocycles. The third-order valence-corrected chi connectivity index (χ3v) is 4.36. The quantitative estimate of drug-likeness (QED) is 0.673. The van der Waals surface area contributed by atoms with E-state index >= 15 is 0 Å². The second-order valence-corrected chi connectivity index (χ2v) is 5.89. The number of nitrogens with one attached hydrogen (secondary N) is 1. The summed E-state index contributed by atoms with van der Waals surface area (Å²) in [6, 6.07) is 3.11. The molecule has 2 unspecified atom stereocenters. The molecule has 2 heterocycles. The van der Waals surface area contributed by atoms with Crippen LogP contribution < -0.4 is 10.2 Å². The number of thioether (sulfide) groups is 1. The maximum absolute atomic E-state index is 4.64. The van der Waals surface area contributed by atoms with Gasteiger partial charge in [0.15, 0.2) is 5.16 Å². The molecule has 2 rings (SSSR count). The van der Waals surface area contributed by atoms with Crippen LogP contribution in [-0.4, -0.2) is 60.4 Å². The normalized spacial score (nSPS) is 24.6. The highest BCUT2D eigenvalue weighted by Gasteiger charge is 2.27. The molecule has 0 radical (unpaired) electrons. The van der Waals surface area contributed by atoms with Crippen molar-refractivity contribution in [3.05, 3.63) is 6.07 Å². The maximum atomic E-state index is 4.64. The lowest BCUT2D eigenvalue weighted by Gasteiger charge is -2.43. The van der Waals surface area contributed by atoms with E-state index in [9.17, 15) is 0 Å². The number of nitrogens with zero attached hydrogens (tertiary/aromatic N) is 4. The zero-order valence-corrected chi connectivity index (χ0v) is 13.2. The maximum Gasteiger partial charge on any atom is 0.191 e. The Labute approximate surface area is 119 Å². The summed E-state index contributed by atoms with van der Waals surface area (Å²) >= 11 is 1.58. The zero-order valence-electron chi connectivity index (χ0n) is 12.3. The molecule has 0 spiro atoms. The van der Waals surface area contributed by atoms with Crippen molar-refractivity contribution in [1.82, 2.24) is 14.9 Å². The van der Waals surface area contributed by atoms with Crippen LogP contribution in [-0.2, 0) is 0 Å². The van der Waals surface area contributed by atoms with Crippen LogP contribution in [0.3, 0.4) is 0 Å². The van der Waals surface area contributed by atoms with Gasteiger partial charge in [0.2, 0.25) is 0 Å². The van der Waals surface area contributed by atoms with Crippen LogP contribution >= 0.6 is 11.8 Å². The molecule has 0 bridgehead atoms. The van der Waals surface area contributed by atoms with Crippen molar-refractivity contribution in [3.63, 3.8) is 0 Å². The smallest absolute Gasteiger partial charge is 0.191 e. The molecule has 1 aliphatic rings. The average Bonchev–Trinajstić information content (AvgIpc) is 2.43. The van der Waals surface area contributed by atoms with Gasteiger partial charge in [0.05, 0.1) is 0 Å². The third kappa shape index (κ3) is 3.12. The van der Waals surface area contributed by atoms with Crippen molar-refractivity contribution in [2.75, 3.05) is 43.7 Å². The summed E-state index contributed by atoms with van der Waals surface area (Å²) in [4.78, 5) is 13.8. The van der Waals surface area contributed by atoms with Crippen LogP contribution in [0.25, 0.3) is 0 Å². The number of likely N-dealkylation sites (N-methyl/N-ethyl adjacent to an activating group) is 1. The summed E-state index contributed by atoms with van der Waals surface area (Å²) in [7, 11) is 4.09. The molecule has 19 heavy (non-hydrogen) atoms. The second kappa shape index (κ2) is 5.96. The van der Waals surface area contributed by atoms with Gasteiger partial charge in [-0.3, -0.25) is 4.90 Å². The van der Waals surface area contributed by atoms with Crippen molar-refractivity contribution in [1.29, 1.82) is 0 Å². The van der Waals surface area contributed by atoms with Gasteiger partial charge in [0.1, 0.15) is 11.6 Å². The third-order valence-electron chi connectivity index (χ3n) is 3.81. The lowest BCUT2D eigenvalue weighted by Crippen LogP contribution is -2.55. The molecular weight excluding hydrogens is 258 g/mol. The number of anilines is 2. The SMILES string of the molecule is CNc1cc(N2CC(C)N(C)C(C)C2)nc(SC)n1. The van der Waals surface area contributed by atoms with Crippen LogP contribution in [0.2, 0.25) is 0 Å². The van der Waals surface area contributed by atoms with Gasteiger partial charge in [-0.15, -0.1) is 0 Å². The summed E-state index contributed by atoms with van der Waals surface area (Å²) in [5, 5.41) is 3.93. The molecule has 0 saturated carbocycles. The summed E-state index contributed by atoms with van der Waals surface area (Å²) in [5.74, 6) is 1.91. The van der Waals surface area contributed by atoms with E-state index in [2.05, 4.69) is 46.0 Å². The molecule has 1 N–H and O–H groups in total. The minimum absolute atomic E-state index is 0.537. The molecular formula is C13H23N5S. The number of rotatable bonds is 3. The fraction of sp³-hybridized carbons (Fsp3) is 0.692. The first-order chi connectivity index (χ1) is 9.05. The Morgan fingerprint density at radius 3 is 2.42 bits per heavy atom. The topological polar surface area (TPSA) is 44.3 Å². The van der Waals surface area contributed by atoms with Crippen molar-refractivity contribution in [2.45, 2.75) is 31.1 Å². The van der Waals surface area contributed by atoms with Crippen LogP contribution in [0.15, 0.2) is 11.2 Å². The monoisotopic (exact) mass is 281 g/mol. The molecule has 0 aliphatic carbocycles. The highest BCUT2D eigenvalue weighted by Crippen LogP contribution is 2.24. The zero-order chi connectivity index (χ0) is 14.0. The molecule has 6 heteroatoms. The minimum Gasteiger partial charge on any atom is -0.373 e. The molecule has 1 fully saturated rings. The van der Waals surface area contributed by atoms with E-state index in [0.29, 0.717) is 12.1 Å². The van der Waals surface area contributed by atoms with Gasteiger partial charge in [-0.25, -0.2) is 9.97 Å². The summed E-state index contributed by atoms with van der Waals surface area (Å²) in [6.07, 6.45) is 2.01. The van der Waals surface area contributed by atoms with Gasteiger partial charge < -0.3 is 10.2 Å². The molecule has 5 nitrogen and oxygen atoms in total. The average molecular weight is 281 g/mol. The largest absolute Gasteiger partial charge is 0.373 e. The number of hydrogen-bond acceptors (Lipinski definition) is 6. The highest BCUT2D eigenvalue weighted by molar-refractivity contribution is 7.98. The van der Waals surface area contributed by atoms with Crippen LogP contribution in [0.4, 0.5) is 11.6 Å². The molecule has 0 amide bonds. The van der Waals surface area contributed by atoms with E-state index in [1.807, 2.05) is 19.4 Å². The van der Waals surface area contributed by atoms with E-state index < -0.39 is 0 Å². The van der Waals surface area contributed by atoms with E-state index in [4.69, 9.17) is 0 Å². The summed E-state index contributed by atoms with van der Waals surface area (Å²) in [6.45, 7) is 6.54. The fourth-order valence-electron chi connectivity index (χ4n) is 2.39. The minimum atomic E-state index is 0.537. The van der Waals surface area contributed by atoms with Crippen LogP contribution in [0, 0.1) is 0 Å². The predicted molar refractivity (Wildman–Crippen MR) is 82.3 cm³/mol. The Bertz CT molecular complexity index is 405. The fourth-order valence-corrected chi connectivity index (χ4v) is 2.76. The van der Waals surface area contributed by atoms with E-state index in [1.54, 1.807) is 11.8 Å². The van der Waals surface area contributed by atoms with Crippen molar-refractivity contribution in [2.24, 2.45) is 0 Å². The van der Waals surface area contributed by atoms with Gasteiger partial charge in [-0.2, -0.15) is 0 Å². The number of piperazine rings is 1. The lowest BCUT2D eigenvalue weighted by molar-refractivity contribution is 0.169. The Balaban J connectivity index is 2.26. The number of hydrogen-bond donors (Lipinski definition) is 1. The Hall–Kier alpha value is -1.01. The van der Waals surface area contributed by atoms with Crippen LogP contribution in [0.5, 0.6) is 0 Å². The summed E-state index contributed by atoms with van der Waals surface area (Å²) in [5.41, 5.74) is 0. The molecule has 1 saturated heterocycles.